The molecule has 4 heteroatoms. The predicted octanol–water partition coefficient (Wildman–Crippen LogP) is 2.55. The van der Waals surface area contributed by atoms with Crippen molar-refractivity contribution in [1.82, 2.24) is 9.78 Å². The summed E-state index contributed by atoms with van der Waals surface area (Å²) >= 11 is 0. The van der Waals surface area contributed by atoms with Gasteiger partial charge in [-0.15, -0.1) is 0 Å². The van der Waals surface area contributed by atoms with Crippen LogP contribution in [-0.2, 0) is 7.05 Å². The molecule has 2 aromatic rings. The van der Waals surface area contributed by atoms with Gasteiger partial charge in [-0.2, -0.15) is 5.10 Å². The summed E-state index contributed by atoms with van der Waals surface area (Å²) in [5.74, 6) is 0.580. The first kappa shape index (κ1) is 11.0. The van der Waals surface area contributed by atoms with Crippen molar-refractivity contribution in [3.8, 4) is 0 Å². The Morgan fingerprint density at radius 3 is 2.94 bits per heavy atom. The molecule has 4 nitrogen and oxygen atoms in total. The highest BCUT2D eigenvalue weighted by Crippen LogP contribution is 2.40. The number of amides is 1. The summed E-state index contributed by atoms with van der Waals surface area (Å²) in [5.41, 5.74) is 2.75. The van der Waals surface area contributed by atoms with Crippen molar-refractivity contribution in [2.45, 2.75) is 18.8 Å². The van der Waals surface area contributed by atoms with E-state index in [0.717, 1.165) is 5.69 Å². The van der Waals surface area contributed by atoms with E-state index in [4.69, 9.17) is 0 Å². The highest BCUT2D eigenvalue weighted by atomic mass is 16.1. The minimum absolute atomic E-state index is 0.115. The van der Waals surface area contributed by atoms with E-state index >= 15 is 0 Å². The molecular formula is C14H15N3O. The highest BCUT2D eigenvalue weighted by molar-refractivity contribution is 6.03. The molecule has 1 aliphatic rings. The molecule has 0 aliphatic heterocycles. The maximum Gasteiger partial charge on any atom is 0.258 e. The third kappa shape index (κ3) is 2.27. The van der Waals surface area contributed by atoms with E-state index in [2.05, 4.69) is 22.5 Å². The third-order valence-electron chi connectivity index (χ3n) is 3.16. The molecule has 1 N–H and O–H groups in total. The van der Waals surface area contributed by atoms with Crippen LogP contribution in [0.3, 0.4) is 0 Å². The van der Waals surface area contributed by atoms with Crippen molar-refractivity contribution in [3.63, 3.8) is 0 Å². The number of aromatic nitrogens is 2. The van der Waals surface area contributed by atoms with Crippen LogP contribution >= 0.6 is 0 Å². The zero-order valence-corrected chi connectivity index (χ0v) is 10.3. The molecule has 1 aromatic heterocycles. The fourth-order valence-electron chi connectivity index (χ4n) is 2.03. The van der Waals surface area contributed by atoms with Gasteiger partial charge in [0.1, 0.15) is 0 Å². The average molecular weight is 241 g/mol. The molecule has 0 saturated heterocycles. The summed E-state index contributed by atoms with van der Waals surface area (Å²) < 4.78 is 1.62. The van der Waals surface area contributed by atoms with Gasteiger partial charge in [-0.05, 0) is 36.5 Å². The molecule has 1 aliphatic carbocycles. The first-order valence-corrected chi connectivity index (χ1v) is 6.12. The minimum atomic E-state index is -0.115. The molecule has 1 fully saturated rings. The number of carbonyl (C=O) groups is 1. The smallest absolute Gasteiger partial charge is 0.258 e. The van der Waals surface area contributed by atoms with Gasteiger partial charge in [0.15, 0.2) is 0 Å². The number of carbonyl (C=O) groups excluding carboxylic acids is 1. The van der Waals surface area contributed by atoms with Crippen LogP contribution in [0.5, 0.6) is 0 Å². The van der Waals surface area contributed by atoms with Crippen LogP contribution in [-0.4, -0.2) is 15.7 Å². The van der Waals surface area contributed by atoms with Crippen LogP contribution in [0.25, 0.3) is 0 Å². The lowest BCUT2D eigenvalue weighted by atomic mass is 10.1. The third-order valence-corrected chi connectivity index (χ3v) is 3.16. The van der Waals surface area contributed by atoms with Gasteiger partial charge in [0, 0.05) is 18.9 Å². The predicted molar refractivity (Wildman–Crippen MR) is 69.6 cm³/mol. The first-order chi connectivity index (χ1) is 8.72. The Bertz CT molecular complexity index is 584. The highest BCUT2D eigenvalue weighted by Gasteiger charge is 2.23. The van der Waals surface area contributed by atoms with E-state index in [0.29, 0.717) is 11.5 Å². The van der Waals surface area contributed by atoms with Crippen LogP contribution in [0.2, 0.25) is 0 Å². The van der Waals surface area contributed by atoms with Gasteiger partial charge in [-0.25, -0.2) is 0 Å². The first-order valence-electron chi connectivity index (χ1n) is 6.12. The molecule has 18 heavy (non-hydrogen) atoms. The summed E-state index contributed by atoms with van der Waals surface area (Å²) in [4.78, 5) is 12.0. The van der Waals surface area contributed by atoms with Gasteiger partial charge in [0.2, 0.25) is 0 Å². The number of anilines is 1. The molecule has 1 aromatic carbocycles. The summed E-state index contributed by atoms with van der Waals surface area (Å²) in [6, 6.07) is 8.09. The molecule has 3 rings (SSSR count). The Morgan fingerprint density at radius 2 is 2.28 bits per heavy atom. The zero-order chi connectivity index (χ0) is 12.5. The van der Waals surface area contributed by atoms with Crippen LogP contribution in [0.4, 0.5) is 5.69 Å². The lowest BCUT2D eigenvalue weighted by molar-refractivity contribution is 0.102. The van der Waals surface area contributed by atoms with Crippen molar-refractivity contribution >= 4 is 11.6 Å². The second-order valence-corrected chi connectivity index (χ2v) is 4.76. The molecule has 1 saturated carbocycles. The van der Waals surface area contributed by atoms with Gasteiger partial charge in [-0.3, -0.25) is 9.48 Å². The van der Waals surface area contributed by atoms with E-state index < -0.39 is 0 Å². The fraction of sp³-hybridized carbons (Fsp3) is 0.286. The Kier molecular flexibility index (Phi) is 2.63. The monoisotopic (exact) mass is 241 g/mol. The number of nitrogens with one attached hydrogen (secondary N) is 1. The van der Waals surface area contributed by atoms with Crippen molar-refractivity contribution in [3.05, 3.63) is 47.8 Å². The fourth-order valence-corrected chi connectivity index (χ4v) is 2.03. The van der Waals surface area contributed by atoms with Gasteiger partial charge < -0.3 is 5.32 Å². The molecule has 1 amide bonds. The van der Waals surface area contributed by atoms with E-state index in [1.165, 1.54) is 18.4 Å². The van der Waals surface area contributed by atoms with Crippen molar-refractivity contribution < 1.29 is 4.79 Å². The van der Waals surface area contributed by atoms with E-state index in [9.17, 15) is 4.79 Å². The normalized spacial score (nSPS) is 14.5. The second-order valence-electron chi connectivity index (χ2n) is 4.76. The molecule has 0 unspecified atom stereocenters. The Morgan fingerprint density at radius 1 is 1.44 bits per heavy atom. The summed E-state index contributed by atoms with van der Waals surface area (Å²) in [6.07, 6.45) is 5.81. The average Bonchev–Trinajstić information content (AvgIpc) is 3.12. The lowest BCUT2D eigenvalue weighted by Crippen LogP contribution is -2.11. The quantitative estimate of drug-likeness (QED) is 0.897. The summed E-state index contributed by atoms with van der Waals surface area (Å²) in [6.45, 7) is 0. The lowest BCUT2D eigenvalue weighted by Gasteiger charge is -2.05. The van der Waals surface area contributed by atoms with E-state index in [-0.39, 0.29) is 5.91 Å². The SMILES string of the molecule is Cn1cc(C(=O)Nc2cccc(C3CC3)c2)cn1. The Labute approximate surface area is 106 Å². The number of hydrogen-bond donors (Lipinski definition) is 1. The maximum absolute atomic E-state index is 12.0. The number of rotatable bonds is 3. The van der Waals surface area contributed by atoms with Gasteiger partial charge in [-0.1, -0.05) is 12.1 Å². The summed E-state index contributed by atoms with van der Waals surface area (Å²) in [7, 11) is 1.80. The van der Waals surface area contributed by atoms with Crippen molar-refractivity contribution in [1.29, 1.82) is 0 Å². The zero-order valence-electron chi connectivity index (χ0n) is 10.3. The van der Waals surface area contributed by atoms with Crippen LogP contribution in [0.1, 0.15) is 34.7 Å². The minimum Gasteiger partial charge on any atom is -0.322 e. The van der Waals surface area contributed by atoms with E-state index in [1.54, 1.807) is 24.1 Å². The van der Waals surface area contributed by atoms with Gasteiger partial charge >= 0.3 is 0 Å². The largest absolute Gasteiger partial charge is 0.322 e. The molecule has 0 bridgehead atoms. The van der Waals surface area contributed by atoms with Crippen molar-refractivity contribution in [2.24, 2.45) is 7.05 Å². The second kappa shape index (κ2) is 4.29. The van der Waals surface area contributed by atoms with Crippen molar-refractivity contribution in [2.75, 3.05) is 5.32 Å². The molecular weight excluding hydrogens is 226 g/mol. The molecule has 1 heterocycles. The number of aryl methyl sites for hydroxylation is 1. The summed E-state index contributed by atoms with van der Waals surface area (Å²) in [5, 5.41) is 6.89. The Balaban J connectivity index is 1.75. The standard InChI is InChI=1S/C14H15N3O/c1-17-9-12(8-15-17)14(18)16-13-4-2-3-11(7-13)10-5-6-10/h2-4,7-10H,5-6H2,1H3,(H,16,18). The van der Waals surface area contributed by atoms with Gasteiger partial charge in [0.05, 0.1) is 11.8 Å². The van der Waals surface area contributed by atoms with Crippen LogP contribution in [0, 0.1) is 0 Å². The maximum atomic E-state index is 12.0. The van der Waals surface area contributed by atoms with E-state index in [1.807, 2.05) is 12.1 Å². The molecule has 0 atom stereocenters. The number of benzene rings is 1. The topological polar surface area (TPSA) is 46.9 Å². The molecule has 0 spiro atoms. The Hall–Kier alpha value is -2.10. The van der Waals surface area contributed by atoms with Gasteiger partial charge in [0.25, 0.3) is 5.91 Å². The number of hydrogen-bond acceptors (Lipinski definition) is 2. The van der Waals surface area contributed by atoms with Crippen LogP contribution in [0.15, 0.2) is 36.7 Å². The number of nitrogens with zero attached hydrogens (tertiary/aromatic N) is 2. The molecule has 92 valence electrons. The van der Waals surface area contributed by atoms with Crippen LogP contribution < -0.4 is 5.32 Å². The molecule has 0 radical (unpaired) electrons.